The molecule has 1 fully saturated rings. The molecule has 3 aromatic rings. The molecule has 4 rings (SSSR count). The molecule has 0 aliphatic carbocycles. The van der Waals surface area contributed by atoms with Gasteiger partial charge in [0.2, 0.25) is 0 Å². The number of anilines is 1. The monoisotopic (exact) mass is 384 g/mol. The Bertz CT molecular complexity index is 966. The largest absolute Gasteiger partial charge is 0.367 e. The van der Waals surface area contributed by atoms with Gasteiger partial charge in [-0.1, -0.05) is 19.1 Å². The smallest absolute Gasteiger partial charge is 0.256 e. The van der Waals surface area contributed by atoms with Crippen molar-refractivity contribution in [1.29, 1.82) is 0 Å². The van der Waals surface area contributed by atoms with E-state index in [9.17, 15) is 9.18 Å². The number of thiophene rings is 1. The zero-order chi connectivity index (χ0) is 18.8. The predicted octanol–water partition coefficient (Wildman–Crippen LogP) is 4.11. The third-order valence-corrected chi connectivity index (χ3v) is 6.14. The van der Waals surface area contributed by atoms with E-state index in [4.69, 9.17) is 0 Å². The van der Waals surface area contributed by atoms with Crippen LogP contribution in [0.2, 0.25) is 0 Å². The molecule has 1 N–H and O–H groups in total. The van der Waals surface area contributed by atoms with Gasteiger partial charge in [0, 0.05) is 24.0 Å². The second-order valence-electron chi connectivity index (χ2n) is 6.70. The van der Waals surface area contributed by atoms with Gasteiger partial charge in [0.25, 0.3) is 5.91 Å². The van der Waals surface area contributed by atoms with Crippen molar-refractivity contribution < 1.29 is 9.18 Å². The maximum atomic E-state index is 13.9. The normalized spacial score (nSPS) is 15.3. The second-order valence-corrected chi connectivity index (χ2v) is 7.81. The lowest BCUT2D eigenvalue weighted by Crippen LogP contribution is -2.42. The molecular weight excluding hydrogens is 363 g/mol. The van der Waals surface area contributed by atoms with E-state index >= 15 is 0 Å². The molecule has 0 bridgehead atoms. The van der Waals surface area contributed by atoms with E-state index in [-0.39, 0.29) is 17.5 Å². The van der Waals surface area contributed by atoms with Crippen LogP contribution in [0.15, 0.2) is 36.7 Å². The summed E-state index contributed by atoms with van der Waals surface area (Å²) in [7, 11) is 0. The maximum absolute atomic E-state index is 13.9. The first kappa shape index (κ1) is 17.9. The number of aromatic nitrogens is 2. The molecule has 1 aliphatic heterocycles. The van der Waals surface area contributed by atoms with Crippen molar-refractivity contribution in [3.05, 3.63) is 52.9 Å². The number of halogens is 1. The van der Waals surface area contributed by atoms with E-state index in [0.717, 1.165) is 35.3 Å². The van der Waals surface area contributed by atoms with Crippen molar-refractivity contribution >= 4 is 33.3 Å². The van der Waals surface area contributed by atoms with Gasteiger partial charge in [0.1, 0.15) is 22.8 Å². The number of piperidine rings is 1. The molecule has 0 atom stereocenters. The summed E-state index contributed by atoms with van der Waals surface area (Å²) in [6.45, 7) is 3.33. The summed E-state index contributed by atoms with van der Waals surface area (Å²) in [5.74, 6) is 0.159. The standard InChI is InChI=1S/C20H21FN4OS/c1-2-14-11-16-18(22-12-23-19(16)27-14)24-13-7-9-25(10-8-13)20(26)15-5-3-4-6-17(15)21/h3-6,11-13H,2,7-10H2,1H3,(H,22,23,24). The van der Waals surface area contributed by atoms with Crippen molar-refractivity contribution in [3.63, 3.8) is 0 Å². The van der Waals surface area contributed by atoms with Crippen molar-refractivity contribution in [2.75, 3.05) is 18.4 Å². The Kier molecular flexibility index (Phi) is 5.03. The number of likely N-dealkylation sites (tertiary alicyclic amines) is 1. The van der Waals surface area contributed by atoms with E-state index in [1.165, 1.54) is 10.9 Å². The fourth-order valence-electron chi connectivity index (χ4n) is 3.42. The van der Waals surface area contributed by atoms with E-state index < -0.39 is 5.82 Å². The molecule has 1 aromatic carbocycles. The molecule has 0 spiro atoms. The molecule has 2 aromatic heterocycles. The van der Waals surface area contributed by atoms with Crippen LogP contribution in [0.1, 0.15) is 35.0 Å². The summed E-state index contributed by atoms with van der Waals surface area (Å²) in [5, 5.41) is 4.57. The highest BCUT2D eigenvalue weighted by molar-refractivity contribution is 7.18. The van der Waals surface area contributed by atoms with Crippen LogP contribution in [-0.4, -0.2) is 39.9 Å². The number of rotatable bonds is 4. The number of amides is 1. The minimum absolute atomic E-state index is 0.145. The van der Waals surface area contributed by atoms with E-state index in [0.29, 0.717) is 13.1 Å². The molecular formula is C20H21FN4OS. The zero-order valence-electron chi connectivity index (χ0n) is 15.1. The number of carbonyl (C=O) groups excluding carboxylic acids is 1. The SMILES string of the molecule is CCc1cc2c(NC3CCN(C(=O)c4ccccc4F)CC3)ncnc2s1. The van der Waals surface area contributed by atoms with E-state index in [1.807, 2.05) is 0 Å². The van der Waals surface area contributed by atoms with Gasteiger partial charge in [0.05, 0.1) is 10.9 Å². The average Bonchev–Trinajstić information content (AvgIpc) is 3.13. The molecule has 3 heterocycles. The van der Waals surface area contributed by atoms with Gasteiger partial charge in [-0.25, -0.2) is 14.4 Å². The van der Waals surface area contributed by atoms with Gasteiger partial charge >= 0.3 is 0 Å². The first-order valence-corrected chi connectivity index (χ1v) is 10.0. The van der Waals surface area contributed by atoms with Crippen LogP contribution >= 0.6 is 11.3 Å². The Morgan fingerprint density at radius 3 is 2.81 bits per heavy atom. The van der Waals surface area contributed by atoms with Gasteiger partial charge in [-0.15, -0.1) is 11.3 Å². The summed E-state index contributed by atoms with van der Waals surface area (Å²) in [4.78, 5) is 25.3. The minimum Gasteiger partial charge on any atom is -0.367 e. The van der Waals surface area contributed by atoms with Gasteiger partial charge < -0.3 is 10.2 Å². The van der Waals surface area contributed by atoms with Crippen LogP contribution in [0.3, 0.4) is 0 Å². The molecule has 1 saturated heterocycles. The molecule has 0 radical (unpaired) electrons. The fourth-order valence-corrected chi connectivity index (χ4v) is 4.35. The van der Waals surface area contributed by atoms with E-state index in [1.54, 1.807) is 40.8 Å². The van der Waals surface area contributed by atoms with Gasteiger partial charge in [-0.3, -0.25) is 4.79 Å². The van der Waals surface area contributed by atoms with Crippen LogP contribution < -0.4 is 5.32 Å². The summed E-state index contributed by atoms with van der Waals surface area (Å²) in [5.41, 5.74) is 0.145. The Morgan fingerprint density at radius 2 is 2.07 bits per heavy atom. The van der Waals surface area contributed by atoms with Crippen LogP contribution in [-0.2, 0) is 6.42 Å². The third kappa shape index (κ3) is 3.64. The molecule has 7 heteroatoms. The van der Waals surface area contributed by atoms with Gasteiger partial charge in [0.15, 0.2) is 0 Å². The van der Waals surface area contributed by atoms with Crippen molar-refractivity contribution in [2.24, 2.45) is 0 Å². The lowest BCUT2D eigenvalue weighted by molar-refractivity contribution is 0.0713. The molecule has 0 saturated carbocycles. The molecule has 0 unspecified atom stereocenters. The second kappa shape index (κ2) is 7.60. The number of hydrogen-bond acceptors (Lipinski definition) is 5. The number of aryl methyl sites for hydroxylation is 1. The van der Waals surface area contributed by atoms with Crippen LogP contribution in [0.5, 0.6) is 0 Å². The summed E-state index contributed by atoms with van der Waals surface area (Å²) in [6.07, 6.45) is 4.18. The minimum atomic E-state index is -0.463. The zero-order valence-corrected chi connectivity index (χ0v) is 15.9. The van der Waals surface area contributed by atoms with Crippen LogP contribution in [0.4, 0.5) is 10.2 Å². The number of fused-ring (bicyclic) bond motifs is 1. The number of hydrogen-bond donors (Lipinski definition) is 1. The lowest BCUT2D eigenvalue weighted by atomic mass is 10.0. The van der Waals surface area contributed by atoms with Crippen LogP contribution in [0, 0.1) is 5.82 Å². The third-order valence-electron chi connectivity index (χ3n) is 4.96. The number of carbonyl (C=O) groups is 1. The van der Waals surface area contributed by atoms with Crippen molar-refractivity contribution in [2.45, 2.75) is 32.2 Å². The maximum Gasteiger partial charge on any atom is 0.256 e. The Morgan fingerprint density at radius 1 is 1.30 bits per heavy atom. The lowest BCUT2D eigenvalue weighted by Gasteiger charge is -2.32. The summed E-state index contributed by atoms with van der Waals surface area (Å²) in [6, 6.07) is 8.54. The topological polar surface area (TPSA) is 58.1 Å². The van der Waals surface area contributed by atoms with Gasteiger partial charge in [-0.05, 0) is 37.5 Å². The van der Waals surface area contributed by atoms with Crippen molar-refractivity contribution in [1.82, 2.24) is 14.9 Å². The molecule has 1 aliphatic rings. The number of nitrogens with zero attached hydrogens (tertiary/aromatic N) is 3. The molecule has 27 heavy (non-hydrogen) atoms. The molecule has 1 amide bonds. The average molecular weight is 384 g/mol. The van der Waals surface area contributed by atoms with Gasteiger partial charge in [-0.2, -0.15) is 0 Å². The highest BCUT2D eigenvalue weighted by Crippen LogP contribution is 2.29. The highest BCUT2D eigenvalue weighted by atomic mass is 32.1. The predicted molar refractivity (Wildman–Crippen MR) is 106 cm³/mol. The van der Waals surface area contributed by atoms with Crippen molar-refractivity contribution in [3.8, 4) is 0 Å². The van der Waals surface area contributed by atoms with E-state index in [2.05, 4.69) is 28.3 Å². The number of benzene rings is 1. The number of nitrogens with one attached hydrogen (secondary N) is 1. The molecule has 140 valence electrons. The first-order valence-electron chi connectivity index (χ1n) is 9.19. The Hall–Kier alpha value is -2.54. The Labute approximate surface area is 161 Å². The van der Waals surface area contributed by atoms with Crippen LogP contribution in [0.25, 0.3) is 10.2 Å². The first-order chi connectivity index (χ1) is 13.2. The Balaban J connectivity index is 1.42. The quantitative estimate of drug-likeness (QED) is 0.735. The summed E-state index contributed by atoms with van der Waals surface area (Å²) >= 11 is 1.70. The molecule has 5 nitrogen and oxygen atoms in total. The summed E-state index contributed by atoms with van der Waals surface area (Å²) < 4.78 is 13.9. The highest BCUT2D eigenvalue weighted by Gasteiger charge is 2.25. The fraction of sp³-hybridized carbons (Fsp3) is 0.350.